The molecule has 1 aliphatic rings. The molecular weight excluding hydrogens is 545 g/mol. The summed E-state index contributed by atoms with van der Waals surface area (Å²) in [5, 5.41) is 2.41. The molecule has 1 unspecified atom stereocenters. The molecule has 214 valence electrons. The van der Waals surface area contributed by atoms with E-state index in [4.69, 9.17) is 29.0 Å². The molecule has 3 N–H and O–H groups in total. The highest BCUT2D eigenvalue weighted by Crippen LogP contribution is 2.48. The van der Waals surface area contributed by atoms with Crippen molar-refractivity contribution in [2.24, 2.45) is 0 Å². The minimum absolute atomic E-state index is 0.0735. The van der Waals surface area contributed by atoms with E-state index in [0.29, 0.717) is 4.57 Å². The van der Waals surface area contributed by atoms with Crippen LogP contribution >= 0.6 is 7.75 Å². The minimum atomic E-state index is -4.47. The monoisotopic (exact) mass is 574 g/mol. The number of esters is 2. The lowest BCUT2D eigenvalue weighted by Crippen LogP contribution is -2.44. The molecule has 1 aliphatic heterocycles. The first-order valence-corrected chi connectivity index (χ1v) is 13.3. The van der Waals surface area contributed by atoms with Gasteiger partial charge in [0.15, 0.2) is 6.10 Å². The Balaban J connectivity index is 1.88. The summed E-state index contributed by atoms with van der Waals surface area (Å²) in [6.45, 7) is 4.61. The Morgan fingerprint density at radius 1 is 1.23 bits per heavy atom. The zero-order chi connectivity index (χ0) is 29.0. The van der Waals surface area contributed by atoms with Crippen molar-refractivity contribution in [3.63, 3.8) is 0 Å². The Morgan fingerprint density at radius 3 is 2.49 bits per heavy atom. The highest BCUT2D eigenvalue weighted by Gasteiger charge is 2.62. The van der Waals surface area contributed by atoms with Crippen LogP contribution in [-0.4, -0.2) is 58.4 Å². The maximum atomic E-state index is 15.4. The summed E-state index contributed by atoms with van der Waals surface area (Å²) in [5.41, 5.74) is 4.29. The van der Waals surface area contributed by atoms with Gasteiger partial charge in [0.1, 0.15) is 23.7 Å². The van der Waals surface area contributed by atoms with E-state index < -0.39 is 68.5 Å². The van der Waals surface area contributed by atoms with Gasteiger partial charge in [-0.05, 0) is 39.0 Å². The number of ether oxygens (including phenoxy) is 3. The van der Waals surface area contributed by atoms with Gasteiger partial charge >= 0.3 is 31.3 Å². The number of nitrogen functional groups attached to an aromatic ring is 1. The van der Waals surface area contributed by atoms with E-state index in [-0.39, 0.29) is 11.6 Å². The van der Waals surface area contributed by atoms with Crippen molar-refractivity contribution in [1.29, 1.82) is 0 Å². The van der Waals surface area contributed by atoms with Crippen LogP contribution in [0.2, 0.25) is 0 Å². The molecule has 3 rings (SSSR count). The van der Waals surface area contributed by atoms with Gasteiger partial charge in [0.2, 0.25) is 6.23 Å². The number of carbonyl (C=O) groups excluding carboxylic acids is 2. The van der Waals surface area contributed by atoms with Crippen molar-refractivity contribution in [2.75, 3.05) is 12.3 Å². The summed E-state index contributed by atoms with van der Waals surface area (Å²) in [6.07, 6.45) is -5.77. The van der Waals surface area contributed by atoms with Crippen molar-refractivity contribution >= 4 is 25.5 Å². The van der Waals surface area contributed by atoms with Crippen LogP contribution in [0.4, 0.5) is 14.6 Å². The Labute approximate surface area is 222 Å². The predicted molar refractivity (Wildman–Crippen MR) is 132 cm³/mol. The lowest BCUT2D eigenvalue weighted by atomic mass is 10.1. The second-order valence-corrected chi connectivity index (χ2v) is 10.5. The molecule has 0 aliphatic carbocycles. The van der Waals surface area contributed by atoms with Crippen LogP contribution in [0.5, 0.6) is 5.75 Å². The van der Waals surface area contributed by atoms with Crippen molar-refractivity contribution < 1.29 is 46.2 Å². The molecular formula is C23H29F2N4O9P. The van der Waals surface area contributed by atoms with Gasteiger partial charge in [-0.25, -0.2) is 9.36 Å². The van der Waals surface area contributed by atoms with Crippen LogP contribution in [0.25, 0.3) is 0 Å². The first-order chi connectivity index (χ1) is 18.2. The first-order valence-electron chi connectivity index (χ1n) is 11.7. The van der Waals surface area contributed by atoms with Crippen LogP contribution in [0.1, 0.15) is 33.9 Å². The van der Waals surface area contributed by atoms with E-state index in [1.54, 1.807) is 32.0 Å². The Hall–Kier alpha value is -3.39. The number of rotatable bonds is 11. The maximum absolute atomic E-state index is 15.4. The number of nitrogens with one attached hydrogen (secondary N) is 1. The lowest BCUT2D eigenvalue weighted by Gasteiger charge is -2.26. The Morgan fingerprint density at radius 2 is 1.90 bits per heavy atom. The van der Waals surface area contributed by atoms with Crippen LogP contribution < -0.4 is 21.0 Å². The van der Waals surface area contributed by atoms with E-state index in [0.717, 1.165) is 19.2 Å². The smallest absolute Gasteiger partial charge is 0.459 e. The molecule has 0 radical (unpaired) electrons. The number of para-hydroxylation sites is 1. The van der Waals surface area contributed by atoms with E-state index in [1.165, 1.54) is 19.1 Å². The summed E-state index contributed by atoms with van der Waals surface area (Å²) < 4.78 is 71.2. The van der Waals surface area contributed by atoms with Gasteiger partial charge in [-0.2, -0.15) is 18.9 Å². The number of benzene rings is 1. The number of alkyl halides is 2. The number of hydrogen-bond acceptors (Lipinski definition) is 11. The van der Waals surface area contributed by atoms with Gasteiger partial charge in [0.25, 0.3) is 0 Å². The van der Waals surface area contributed by atoms with Crippen LogP contribution in [0, 0.1) is 0 Å². The number of nitrogens with two attached hydrogens (primary N) is 1. The maximum Gasteiger partial charge on any atom is 0.459 e. The number of carbonyl (C=O) groups is 2. The van der Waals surface area contributed by atoms with Gasteiger partial charge in [-0.3, -0.25) is 18.7 Å². The molecule has 16 heteroatoms. The first kappa shape index (κ1) is 30.2. The zero-order valence-electron chi connectivity index (χ0n) is 21.5. The zero-order valence-corrected chi connectivity index (χ0v) is 22.4. The van der Waals surface area contributed by atoms with E-state index in [1.807, 2.05) is 0 Å². The fraction of sp³-hybridized carbons (Fsp3) is 0.478. The summed E-state index contributed by atoms with van der Waals surface area (Å²) in [5.74, 6) is -5.92. The molecule has 2 aromatic rings. The quantitative estimate of drug-likeness (QED) is 0.297. The number of aromatic nitrogens is 2. The topological polar surface area (TPSA) is 170 Å². The SMILES string of the molecule is CC(=O)O[C@@H]1[C@@H](COP(=O)(N[C@H](C)C(=O)OC(C)C)Oc2ccccc2)O[C@@H](n2ccc(N)nc2=O)C1(F)F. The molecule has 13 nitrogen and oxygen atoms in total. The summed E-state index contributed by atoms with van der Waals surface area (Å²) in [6, 6.07) is 7.63. The molecule has 5 atom stereocenters. The van der Waals surface area contributed by atoms with Crippen LogP contribution in [-0.2, 0) is 32.9 Å². The normalized spacial score (nSPS) is 22.6. The molecule has 0 bridgehead atoms. The molecule has 1 aromatic heterocycles. The molecule has 1 saturated heterocycles. The second-order valence-electron chi connectivity index (χ2n) is 8.81. The number of halogens is 2. The molecule has 0 spiro atoms. The van der Waals surface area contributed by atoms with Crippen LogP contribution in [0.15, 0.2) is 47.4 Å². The highest BCUT2D eigenvalue weighted by molar-refractivity contribution is 7.52. The number of nitrogens with zero attached hydrogens (tertiary/aromatic N) is 2. The van der Waals surface area contributed by atoms with Crippen molar-refractivity contribution in [2.45, 2.75) is 64.2 Å². The average molecular weight is 574 g/mol. The summed E-state index contributed by atoms with van der Waals surface area (Å²) in [4.78, 5) is 39.6. The molecule has 0 amide bonds. The molecule has 1 aromatic carbocycles. The third kappa shape index (κ3) is 7.60. The van der Waals surface area contributed by atoms with E-state index in [9.17, 15) is 18.9 Å². The highest BCUT2D eigenvalue weighted by atomic mass is 31.2. The number of hydrogen-bond donors (Lipinski definition) is 2. The minimum Gasteiger partial charge on any atom is -0.462 e. The van der Waals surface area contributed by atoms with Gasteiger partial charge in [-0.1, -0.05) is 18.2 Å². The van der Waals surface area contributed by atoms with Gasteiger partial charge in [-0.15, -0.1) is 0 Å². The predicted octanol–water partition coefficient (Wildman–Crippen LogP) is 2.42. The molecule has 39 heavy (non-hydrogen) atoms. The van der Waals surface area contributed by atoms with Crippen LogP contribution in [0.3, 0.4) is 0 Å². The third-order valence-electron chi connectivity index (χ3n) is 5.18. The fourth-order valence-corrected chi connectivity index (χ4v) is 5.04. The van der Waals surface area contributed by atoms with E-state index in [2.05, 4.69) is 10.1 Å². The summed E-state index contributed by atoms with van der Waals surface area (Å²) in [7, 11) is -4.47. The summed E-state index contributed by atoms with van der Waals surface area (Å²) >= 11 is 0. The largest absolute Gasteiger partial charge is 0.462 e. The van der Waals surface area contributed by atoms with Gasteiger partial charge < -0.3 is 24.5 Å². The molecule has 2 heterocycles. The number of anilines is 1. The standard InChI is InChI=1S/C23H29F2N4O9P/c1-13(2)35-20(31)14(3)28-39(33,38-16-8-6-5-7-9-16)34-12-17-19(36-15(4)30)23(24,25)21(37-17)29-11-10-18(26)27-22(29)32/h5-11,13-14,17,19,21H,12H2,1-4H3,(H,28,33)(H2,26,27,32)/t14-,17-,19-,21-,39?/m1/s1. The third-order valence-corrected chi connectivity index (χ3v) is 6.83. The van der Waals surface area contributed by atoms with Gasteiger partial charge in [0, 0.05) is 13.1 Å². The fourth-order valence-electron chi connectivity index (χ4n) is 3.54. The van der Waals surface area contributed by atoms with Crippen molar-refractivity contribution in [3.05, 3.63) is 53.1 Å². The van der Waals surface area contributed by atoms with Gasteiger partial charge in [0.05, 0.1) is 12.7 Å². The Bertz CT molecular complexity index is 1280. The second kappa shape index (κ2) is 12.2. The lowest BCUT2D eigenvalue weighted by molar-refractivity contribution is -0.174. The van der Waals surface area contributed by atoms with Crippen molar-refractivity contribution in [3.8, 4) is 5.75 Å². The van der Waals surface area contributed by atoms with Crippen molar-refractivity contribution in [1.82, 2.24) is 14.6 Å². The van der Waals surface area contributed by atoms with E-state index >= 15 is 8.78 Å². The molecule has 0 saturated carbocycles. The Kier molecular flexibility index (Phi) is 9.43. The average Bonchev–Trinajstić information content (AvgIpc) is 3.07. The molecule has 1 fully saturated rings.